The van der Waals surface area contributed by atoms with Crippen LogP contribution in [0.5, 0.6) is 0 Å². The number of hydrogen-bond acceptors (Lipinski definition) is 5. The molecule has 0 amide bonds. The van der Waals surface area contributed by atoms with Crippen molar-refractivity contribution in [1.29, 1.82) is 5.26 Å². The van der Waals surface area contributed by atoms with E-state index in [2.05, 4.69) is 11.1 Å². The molecule has 2 heterocycles. The van der Waals surface area contributed by atoms with Crippen LogP contribution in [-0.4, -0.2) is 33.0 Å². The van der Waals surface area contributed by atoms with E-state index in [4.69, 9.17) is 4.74 Å². The molecule has 34 heavy (non-hydrogen) atoms. The molecule has 0 aliphatic carbocycles. The second kappa shape index (κ2) is 12.1. The molecule has 0 saturated carbocycles. The summed E-state index contributed by atoms with van der Waals surface area (Å²) in [5.41, 5.74) is 3.62. The molecule has 1 atom stereocenters. The molecule has 3 rings (SSSR count). The third-order valence-electron chi connectivity index (χ3n) is 6.13. The smallest absolute Gasteiger partial charge is 0.303 e. The van der Waals surface area contributed by atoms with Crippen LogP contribution in [0.15, 0.2) is 42.6 Å². The van der Waals surface area contributed by atoms with Crippen LogP contribution in [0, 0.1) is 17.2 Å². The number of hydrogen-bond donors (Lipinski definition) is 1. The van der Waals surface area contributed by atoms with E-state index in [0.29, 0.717) is 48.2 Å². The van der Waals surface area contributed by atoms with E-state index in [9.17, 15) is 20.0 Å². The number of aromatic nitrogens is 2. The molecule has 0 radical (unpaired) electrons. The van der Waals surface area contributed by atoms with Crippen LogP contribution in [0.3, 0.4) is 0 Å². The topological polar surface area (TPSA) is 105 Å². The first-order chi connectivity index (χ1) is 16.4. The molecule has 0 fully saturated rings. The van der Waals surface area contributed by atoms with Crippen LogP contribution in [-0.2, 0) is 29.6 Å². The number of carboxylic acid groups (broad SMARTS) is 1. The first-order valence-corrected chi connectivity index (χ1v) is 11.7. The van der Waals surface area contributed by atoms with Crippen molar-refractivity contribution in [2.75, 3.05) is 6.61 Å². The van der Waals surface area contributed by atoms with Crippen LogP contribution >= 0.6 is 0 Å². The number of benzene rings is 1. The molecule has 3 aromatic rings. The van der Waals surface area contributed by atoms with E-state index in [1.165, 1.54) is 6.20 Å². The lowest BCUT2D eigenvalue weighted by Gasteiger charge is -2.13. The van der Waals surface area contributed by atoms with E-state index in [-0.39, 0.29) is 24.5 Å². The Bertz CT molecular complexity index is 1180. The second-order valence-corrected chi connectivity index (χ2v) is 8.58. The van der Waals surface area contributed by atoms with Gasteiger partial charge in [-0.3, -0.25) is 9.59 Å². The average Bonchev–Trinajstić information content (AvgIpc) is 3.11. The first kappa shape index (κ1) is 25.1. The number of ether oxygens (including phenoxy) is 1. The van der Waals surface area contributed by atoms with E-state index in [0.717, 1.165) is 24.1 Å². The van der Waals surface area contributed by atoms with Crippen LogP contribution in [0.25, 0.3) is 11.0 Å². The predicted octanol–water partition coefficient (Wildman–Crippen LogP) is 5.06. The number of carbonyl (C=O) groups is 2. The zero-order valence-electron chi connectivity index (χ0n) is 19.8. The quantitative estimate of drug-likeness (QED) is 0.282. The zero-order valence-corrected chi connectivity index (χ0v) is 19.8. The molecule has 0 aliphatic heterocycles. The van der Waals surface area contributed by atoms with Gasteiger partial charge in [0.05, 0.1) is 12.2 Å². The minimum Gasteiger partial charge on any atom is -0.481 e. The number of unbranched alkanes of at least 4 members (excludes halogenated alkanes) is 1. The summed E-state index contributed by atoms with van der Waals surface area (Å²) in [5, 5.41) is 19.2. The van der Waals surface area contributed by atoms with Gasteiger partial charge in [-0.25, -0.2) is 4.98 Å². The molecule has 7 nitrogen and oxygen atoms in total. The normalized spacial score (nSPS) is 11.9. The first-order valence-electron chi connectivity index (χ1n) is 11.7. The average molecular weight is 462 g/mol. The van der Waals surface area contributed by atoms with E-state index >= 15 is 0 Å². The highest BCUT2D eigenvalue weighted by Gasteiger charge is 2.25. The molecule has 0 saturated heterocycles. The van der Waals surface area contributed by atoms with Crippen molar-refractivity contribution in [3.63, 3.8) is 0 Å². The van der Waals surface area contributed by atoms with Gasteiger partial charge in [-0.1, -0.05) is 43.7 Å². The Balaban J connectivity index is 1.75. The Morgan fingerprint density at radius 1 is 1.21 bits per heavy atom. The molecular weight excluding hydrogens is 430 g/mol. The van der Waals surface area contributed by atoms with Crippen molar-refractivity contribution in [2.24, 2.45) is 13.0 Å². The fourth-order valence-electron chi connectivity index (χ4n) is 4.26. The largest absolute Gasteiger partial charge is 0.481 e. The van der Waals surface area contributed by atoms with E-state index in [1.54, 1.807) is 6.07 Å². The molecule has 1 N–H and O–H groups in total. The van der Waals surface area contributed by atoms with Crippen molar-refractivity contribution in [1.82, 2.24) is 9.55 Å². The van der Waals surface area contributed by atoms with Crippen LogP contribution < -0.4 is 0 Å². The summed E-state index contributed by atoms with van der Waals surface area (Å²) in [7, 11) is 1.88. The Hall–Kier alpha value is -3.50. The van der Waals surface area contributed by atoms with Gasteiger partial charge in [0.1, 0.15) is 11.7 Å². The summed E-state index contributed by atoms with van der Waals surface area (Å²) in [6.45, 7) is 3.09. The van der Waals surface area contributed by atoms with Crippen molar-refractivity contribution in [2.45, 2.75) is 52.1 Å². The van der Waals surface area contributed by atoms with Gasteiger partial charge in [-0.05, 0) is 36.8 Å². The van der Waals surface area contributed by atoms with Gasteiger partial charge >= 0.3 is 5.97 Å². The number of pyridine rings is 1. The fraction of sp³-hybridized carbons (Fsp3) is 0.407. The second-order valence-electron chi connectivity index (χ2n) is 8.58. The number of Topliss-reactive ketones (excluding diaryl/α,β-unsaturated/α-hetero) is 1. The van der Waals surface area contributed by atoms with Crippen LogP contribution in [0.4, 0.5) is 0 Å². The number of fused-ring (bicyclic) bond motifs is 1. The summed E-state index contributed by atoms with van der Waals surface area (Å²) in [5.74, 6) is -1.22. The number of rotatable bonds is 13. The van der Waals surface area contributed by atoms with Gasteiger partial charge in [0, 0.05) is 49.3 Å². The summed E-state index contributed by atoms with van der Waals surface area (Å²) in [4.78, 5) is 29.0. The van der Waals surface area contributed by atoms with Crippen molar-refractivity contribution >= 4 is 22.8 Å². The van der Waals surface area contributed by atoms with Gasteiger partial charge in [-0.15, -0.1) is 0 Å². The maximum absolute atomic E-state index is 13.4. The highest BCUT2D eigenvalue weighted by Crippen LogP contribution is 2.29. The molecule has 7 heteroatoms. The molecule has 0 bridgehead atoms. The number of aliphatic carboxylic acids is 1. The standard InChI is InChI=1S/C27H31N3O4/c1-3-19(15-25(32)33)14-24(31)26-22-13-21(16-28)17-29-27(22)30(2)23(26)11-7-8-12-34-18-20-9-5-4-6-10-20/h4-6,9-10,13,17,19H,3,7-8,11-12,14-15,18H2,1-2H3,(H,32,33)/t19-/m0/s1. The fourth-order valence-corrected chi connectivity index (χ4v) is 4.26. The number of nitrogens with zero attached hydrogens (tertiary/aromatic N) is 3. The highest BCUT2D eigenvalue weighted by atomic mass is 16.5. The van der Waals surface area contributed by atoms with Crippen LogP contribution in [0.1, 0.15) is 66.2 Å². The van der Waals surface area contributed by atoms with Crippen molar-refractivity contribution in [3.05, 3.63) is 65.0 Å². The number of carbonyl (C=O) groups excluding carboxylic acids is 1. The molecule has 2 aromatic heterocycles. The SMILES string of the molecule is CC[C@H](CC(=O)O)CC(=O)c1c(CCCCOCc2ccccc2)n(C)c2ncc(C#N)cc12. The lowest BCUT2D eigenvalue weighted by atomic mass is 9.91. The maximum Gasteiger partial charge on any atom is 0.303 e. The maximum atomic E-state index is 13.4. The van der Waals surface area contributed by atoms with Gasteiger partial charge in [0.15, 0.2) is 5.78 Å². The van der Waals surface area contributed by atoms with Gasteiger partial charge in [-0.2, -0.15) is 5.26 Å². The Morgan fingerprint density at radius 3 is 2.65 bits per heavy atom. The van der Waals surface area contributed by atoms with Crippen molar-refractivity contribution in [3.8, 4) is 6.07 Å². The highest BCUT2D eigenvalue weighted by molar-refractivity contribution is 6.09. The number of ketones is 1. The number of carboxylic acids is 1. The van der Waals surface area contributed by atoms with E-state index in [1.807, 2.05) is 48.9 Å². The number of aryl methyl sites for hydroxylation is 1. The minimum atomic E-state index is -0.901. The predicted molar refractivity (Wildman–Crippen MR) is 129 cm³/mol. The van der Waals surface area contributed by atoms with Gasteiger partial charge in [0.25, 0.3) is 0 Å². The Kier molecular flexibility index (Phi) is 8.94. The monoisotopic (exact) mass is 461 g/mol. The summed E-state index contributed by atoms with van der Waals surface area (Å²) < 4.78 is 7.70. The number of nitriles is 1. The molecular formula is C27H31N3O4. The molecule has 0 spiro atoms. The molecule has 1 aromatic carbocycles. The summed E-state index contributed by atoms with van der Waals surface area (Å²) >= 11 is 0. The lowest BCUT2D eigenvalue weighted by Crippen LogP contribution is -2.14. The summed E-state index contributed by atoms with van der Waals surface area (Å²) in [6, 6.07) is 13.8. The third-order valence-corrected chi connectivity index (χ3v) is 6.13. The van der Waals surface area contributed by atoms with Gasteiger partial charge < -0.3 is 14.4 Å². The minimum absolute atomic E-state index is 0.0389. The Labute approximate surface area is 200 Å². The van der Waals surface area contributed by atoms with E-state index < -0.39 is 5.97 Å². The third kappa shape index (κ3) is 6.30. The Morgan fingerprint density at radius 2 is 1.97 bits per heavy atom. The summed E-state index contributed by atoms with van der Waals surface area (Å²) in [6.07, 6.45) is 4.58. The molecule has 0 unspecified atom stereocenters. The van der Waals surface area contributed by atoms with Crippen LogP contribution in [0.2, 0.25) is 0 Å². The zero-order chi connectivity index (χ0) is 24.5. The lowest BCUT2D eigenvalue weighted by molar-refractivity contribution is -0.138. The molecule has 178 valence electrons. The van der Waals surface area contributed by atoms with Crippen molar-refractivity contribution < 1.29 is 19.4 Å². The molecule has 0 aliphatic rings. The van der Waals surface area contributed by atoms with Gasteiger partial charge in [0.2, 0.25) is 0 Å².